The highest BCUT2D eigenvalue weighted by Gasteiger charge is 1.99. The first-order valence-electron chi connectivity index (χ1n) is 9.08. The summed E-state index contributed by atoms with van der Waals surface area (Å²) >= 11 is 0. The number of rotatable bonds is 3. The minimum Gasteiger partial charge on any atom is -0.322 e. The van der Waals surface area contributed by atoms with Crippen molar-refractivity contribution in [3.8, 4) is 0 Å². The lowest BCUT2D eigenvalue weighted by Gasteiger charge is -2.01. The number of aromatic amines is 1. The Labute approximate surface area is 171 Å². The van der Waals surface area contributed by atoms with E-state index in [4.69, 9.17) is 0 Å². The van der Waals surface area contributed by atoms with Gasteiger partial charge in [0.25, 0.3) is 0 Å². The highest BCUT2D eigenvalue weighted by molar-refractivity contribution is 6.01. The summed E-state index contributed by atoms with van der Waals surface area (Å²) in [7, 11) is 0. The number of H-pyrrole nitrogens is 1. The van der Waals surface area contributed by atoms with Gasteiger partial charge in [-0.15, -0.1) is 0 Å². The molecule has 0 unspecified atom stereocenters. The Balaban J connectivity index is 0.000000184. The van der Waals surface area contributed by atoms with Crippen LogP contribution in [0.1, 0.15) is 5.56 Å². The third kappa shape index (κ3) is 5.97. The van der Waals surface area contributed by atoms with Gasteiger partial charge in [-0.1, -0.05) is 42.5 Å². The highest BCUT2D eigenvalue weighted by atomic mass is 19.1. The monoisotopic (exact) mass is 404 g/mol. The summed E-state index contributed by atoms with van der Waals surface area (Å²) in [6, 6.07) is 22.6. The first kappa shape index (κ1) is 20.7. The smallest absolute Gasteiger partial charge is 0.248 e. The fraction of sp³-hybridized carbons (Fsp3) is 0. The van der Waals surface area contributed by atoms with E-state index in [1.165, 1.54) is 36.4 Å². The Morgan fingerprint density at radius 2 is 1.63 bits per heavy atom. The van der Waals surface area contributed by atoms with Crippen molar-refractivity contribution in [1.29, 1.82) is 0 Å². The SMILES string of the molecule is O=C(C=Cc1ccccc1)Nc1cccc(F)c1.O=c1ccc2c(F)cccc2[nH]1. The molecule has 0 atom stereocenters. The molecule has 0 bridgehead atoms. The molecule has 4 rings (SSSR count). The van der Waals surface area contributed by atoms with Crippen molar-refractivity contribution in [2.24, 2.45) is 0 Å². The third-order valence-corrected chi connectivity index (χ3v) is 4.03. The van der Waals surface area contributed by atoms with E-state index in [0.717, 1.165) is 5.56 Å². The zero-order valence-corrected chi connectivity index (χ0v) is 15.8. The summed E-state index contributed by atoms with van der Waals surface area (Å²) in [6.45, 7) is 0. The van der Waals surface area contributed by atoms with Crippen molar-refractivity contribution in [3.05, 3.63) is 119 Å². The summed E-state index contributed by atoms with van der Waals surface area (Å²) in [5.74, 6) is -0.979. The molecule has 1 heterocycles. The van der Waals surface area contributed by atoms with Crippen LogP contribution in [-0.4, -0.2) is 10.9 Å². The molecule has 150 valence electrons. The van der Waals surface area contributed by atoms with Crippen molar-refractivity contribution in [1.82, 2.24) is 4.98 Å². The first-order valence-corrected chi connectivity index (χ1v) is 9.08. The second kappa shape index (κ2) is 9.93. The van der Waals surface area contributed by atoms with Crippen LogP contribution < -0.4 is 10.9 Å². The van der Waals surface area contributed by atoms with Gasteiger partial charge in [0, 0.05) is 23.2 Å². The Hall–Kier alpha value is -4.06. The van der Waals surface area contributed by atoms with Gasteiger partial charge in [0.1, 0.15) is 11.6 Å². The van der Waals surface area contributed by atoms with Crippen molar-refractivity contribution in [2.75, 3.05) is 5.32 Å². The molecule has 3 aromatic carbocycles. The number of amides is 1. The number of pyridine rings is 1. The lowest BCUT2D eigenvalue weighted by molar-refractivity contribution is -0.111. The molecule has 0 aliphatic carbocycles. The maximum atomic E-state index is 13.0. The van der Waals surface area contributed by atoms with Crippen LogP contribution in [0.25, 0.3) is 17.0 Å². The number of fused-ring (bicyclic) bond motifs is 1. The van der Waals surface area contributed by atoms with Gasteiger partial charge >= 0.3 is 0 Å². The zero-order chi connectivity index (χ0) is 21.3. The molecule has 0 fully saturated rings. The molecule has 0 spiro atoms. The minimum atomic E-state index is -0.375. The maximum absolute atomic E-state index is 13.0. The molecule has 0 aliphatic rings. The number of hydrogen-bond donors (Lipinski definition) is 2. The van der Waals surface area contributed by atoms with Gasteiger partial charge < -0.3 is 10.3 Å². The van der Waals surface area contributed by atoms with Crippen LogP contribution in [0.3, 0.4) is 0 Å². The van der Waals surface area contributed by atoms with E-state index in [-0.39, 0.29) is 23.1 Å². The number of aromatic nitrogens is 1. The molecule has 0 aliphatic heterocycles. The molecule has 6 heteroatoms. The number of benzene rings is 3. The van der Waals surface area contributed by atoms with Crippen LogP contribution in [0.4, 0.5) is 14.5 Å². The lowest BCUT2D eigenvalue weighted by Crippen LogP contribution is -2.07. The van der Waals surface area contributed by atoms with Crippen LogP contribution in [0.15, 0.2) is 95.8 Å². The average Bonchev–Trinajstić information content (AvgIpc) is 2.74. The van der Waals surface area contributed by atoms with E-state index in [1.54, 1.807) is 30.3 Å². The van der Waals surface area contributed by atoms with Gasteiger partial charge in [-0.2, -0.15) is 0 Å². The van der Waals surface area contributed by atoms with Crippen LogP contribution >= 0.6 is 0 Å². The summed E-state index contributed by atoms with van der Waals surface area (Å²) < 4.78 is 25.9. The van der Waals surface area contributed by atoms with Gasteiger partial charge in [0.15, 0.2) is 0 Å². The predicted octanol–water partition coefficient (Wildman–Crippen LogP) is 5.14. The number of hydrogen-bond acceptors (Lipinski definition) is 2. The van der Waals surface area contributed by atoms with Crippen LogP contribution in [0, 0.1) is 11.6 Å². The zero-order valence-electron chi connectivity index (χ0n) is 15.8. The maximum Gasteiger partial charge on any atom is 0.248 e. The van der Waals surface area contributed by atoms with Gasteiger partial charge in [0.2, 0.25) is 11.5 Å². The average molecular weight is 404 g/mol. The minimum absolute atomic E-state index is 0.215. The number of halogens is 2. The molecular formula is C24H18F2N2O2. The molecule has 2 N–H and O–H groups in total. The highest BCUT2D eigenvalue weighted by Crippen LogP contribution is 2.12. The number of carbonyl (C=O) groups excluding carboxylic acids is 1. The molecule has 30 heavy (non-hydrogen) atoms. The fourth-order valence-electron chi connectivity index (χ4n) is 2.64. The van der Waals surface area contributed by atoms with Gasteiger partial charge in [-0.05, 0) is 48.0 Å². The van der Waals surface area contributed by atoms with E-state index in [9.17, 15) is 18.4 Å². The van der Waals surface area contributed by atoms with Crippen molar-refractivity contribution in [2.45, 2.75) is 0 Å². The number of nitrogens with one attached hydrogen (secondary N) is 2. The van der Waals surface area contributed by atoms with E-state index in [2.05, 4.69) is 10.3 Å². The summed E-state index contributed by atoms with van der Waals surface area (Å²) in [4.78, 5) is 24.9. The Kier molecular flexibility index (Phi) is 6.84. The molecular weight excluding hydrogens is 386 g/mol. The third-order valence-electron chi connectivity index (χ3n) is 4.03. The van der Waals surface area contributed by atoms with Crippen molar-refractivity contribution < 1.29 is 13.6 Å². The second-order valence-electron chi connectivity index (χ2n) is 6.27. The fourth-order valence-corrected chi connectivity index (χ4v) is 2.64. The van der Waals surface area contributed by atoms with Gasteiger partial charge in [0.05, 0.1) is 5.52 Å². The molecule has 4 aromatic rings. The van der Waals surface area contributed by atoms with E-state index in [0.29, 0.717) is 16.6 Å². The molecule has 0 saturated carbocycles. The van der Waals surface area contributed by atoms with E-state index < -0.39 is 0 Å². The predicted molar refractivity (Wildman–Crippen MR) is 115 cm³/mol. The topological polar surface area (TPSA) is 62.0 Å². The molecule has 1 amide bonds. The standard InChI is InChI=1S/C15H12FNO.C9H6FNO/c16-13-7-4-8-14(11-13)17-15(18)10-9-12-5-2-1-3-6-12;10-7-2-1-3-8-6(7)4-5-9(12)11-8/h1-11H,(H,17,18);1-5H,(H,11,12). The van der Waals surface area contributed by atoms with Crippen LogP contribution in [-0.2, 0) is 4.79 Å². The van der Waals surface area contributed by atoms with Crippen molar-refractivity contribution in [3.63, 3.8) is 0 Å². The largest absolute Gasteiger partial charge is 0.322 e. The Morgan fingerprint density at radius 1 is 0.867 bits per heavy atom. The first-order chi connectivity index (χ1) is 14.5. The normalized spacial score (nSPS) is 10.5. The second-order valence-corrected chi connectivity index (χ2v) is 6.27. The Morgan fingerprint density at radius 3 is 2.40 bits per heavy atom. The lowest BCUT2D eigenvalue weighted by atomic mass is 10.2. The number of carbonyl (C=O) groups is 1. The molecule has 0 radical (unpaired) electrons. The Bertz CT molecular complexity index is 1230. The van der Waals surface area contributed by atoms with E-state index >= 15 is 0 Å². The van der Waals surface area contributed by atoms with Gasteiger partial charge in [-0.25, -0.2) is 8.78 Å². The quantitative estimate of drug-likeness (QED) is 0.464. The molecule has 4 nitrogen and oxygen atoms in total. The summed E-state index contributed by atoms with van der Waals surface area (Å²) in [5.41, 5.74) is 1.69. The van der Waals surface area contributed by atoms with Crippen LogP contribution in [0.2, 0.25) is 0 Å². The van der Waals surface area contributed by atoms with E-state index in [1.807, 2.05) is 30.3 Å². The summed E-state index contributed by atoms with van der Waals surface area (Å²) in [5, 5.41) is 3.03. The molecule has 0 saturated heterocycles. The molecule has 1 aromatic heterocycles. The van der Waals surface area contributed by atoms with Crippen molar-refractivity contribution >= 4 is 28.6 Å². The van der Waals surface area contributed by atoms with Gasteiger partial charge in [-0.3, -0.25) is 9.59 Å². The number of anilines is 1. The van der Waals surface area contributed by atoms with Crippen LogP contribution in [0.5, 0.6) is 0 Å². The summed E-state index contributed by atoms with van der Waals surface area (Å²) in [6.07, 6.45) is 3.12.